The number of rotatable bonds is 9. The van der Waals surface area contributed by atoms with Crippen molar-refractivity contribution in [3.63, 3.8) is 0 Å². The molecule has 2 nitrogen and oxygen atoms in total. The molecule has 0 spiro atoms. The summed E-state index contributed by atoms with van der Waals surface area (Å²) in [7, 11) is 0. The van der Waals surface area contributed by atoms with E-state index in [2.05, 4.69) is 289 Å². The maximum Gasteiger partial charge on any atom is 0.0541 e. The predicted molar refractivity (Wildman–Crippen MR) is 298 cm³/mol. The minimum absolute atomic E-state index is 1.06. The Morgan fingerprint density at radius 3 is 1.29 bits per heavy atom. The largest absolute Gasteiger partial charge is 0.310 e. The van der Waals surface area contributed by atoms with Crippen LogP contribution in [0, 0.1) is 0 Å². The van der Waals surface area contributed by atoms with Crippen LogP contribution in [-0.2, 0) is 0 Å². The molecule has 0 radical (unpaired) electrons. The topological polar surface area (TPSA) is 8.17 Å². The van der Waals surface area contributed by atoms with Crippen molar-refractivity contribution >= 4 is 60.4 Å². The fraction of sp³-hybridized carbons (Fsp3) is 0. The van der Waals surface area contributed by atoms with Crippen LogP contribution >= 0.6 is 0 Å². The van der Waals surface area contributed by atoms with Crippen molar-refractivity contribution in [2.75, 3.05) is 4.90 Å². The van der Waals surface area contributed by atoms with Gasteiger partial charge in [0.1, 0.15) is 0 Å². The van der Waals surface area contributed by atoms with Crippen molar-refractivity contribution in [1.82, 2.24) is 4.57 Å². The summed E-state index contributed by atoms with van der Waals surface area (Å²) in [4.78, 5) is 2.41. The lowest BCUT2D eigenvalue weighted by atomic mass is 9.91. The molecule has 0 aliphatic rings. The van der Waals surface area contributed by atoms with Crippen LogP contribution in [-0.4, -0.2) is 4.57 Å². The standard InChI is InChI=1S/C68H46N2/c1-2-17-47(18-3-1)52-23-14-24-53(45-52)65-46-56(43-44-61(65)62-27-8-11-32-66(62)70-67-33-12-9-28-63(67)64-29-10-13-34-68(64)70)69(54-39-35-50(36-40-54)59-30-15-21-48-19-4-6-25-57(48)59)55-41-37-51(38-42-55)60-31-16-22-49-20-5-7-26-58(49)60/h1-46H. The highest BCUT2D eigenvalue weighted by Gasteiger charge is 2.21. The van der Waals surface area contributed by atoms with Crippen LogP contribution in [0.15, 0.2) is 279 Å². The van der Waals surface area contributed by atoms with Crippen molar-refractivity contribution in [2.24, 2.45) is 0 Å². The average molecular weight is 891 g/mol. The fourth-order valence-electron chi connectivity index (χ4n) is 10.7. The van der Waals surface area contributed by atoms with E-state index in [1.807, 2.05) is 0 Å². The van der Waals surface area contributed by atoms with Gasteiger partial charge in [0.2, 0.25) is 0 Å². The summed E-state index contributed by atoms with van der Waals surface area (Å²) in [6, 6.07) is 102. The van der Waals surface area contributed by atoms with Crippen LogP contribution in [0.1, 0.15) is 0 Å². The number of fused-ring (bicyclic) bond motifs is 5. The monoisotopic (exact) mass is 890 g/mol. The van der Waals surface area contributed by atoms with Gasteiger partial charge in [0.25, 0.3) is 0 Å². The van der Waals surface area contributed by atoms with Gasteiger partial charge in [0, 0.05) is 33.4 Å². The summed E-state index contributed by atoms with van der Waals surface area (Å²) in [6.45, 7) is 0. The summed E-state index contributed by atoms with van der Waals surface area (Å²) in [5, 5.41) is 7.46. The first-order valence-electron chi connectivity index (χ1n) is 24.1. The summed E-state index contributed by atoms with van der Waals surface area (Å²) in [5.41, 5.74) is 18.5. The molecule has 0 aliphatic carbocycles. The number of nitrogens with zero attached hydrogens (tertiary/aromatic N) is 2. The molecular formula is C68H46N2. The van der Waals surface area contributed by atoms with E-state index in [0.717, 1.165) is 45.0 Å². The summed E-state index contributed by atoms with van der Waals surface area (Å²) in [5.74, 6) is 0. The molecule has 0 atom stereocenters. The van der Waals surface area contributed by atoms with Crippen LogP contribution < -0.4 is 4.90 Å². The molecule has 328 valence electrons. The third kappa shape index (κ3) is 7.22. The maximum atomic E-state index is 2.44. The first-order chi connectivity index (χ1) is 34.7. The van der Waals surface area contributed by atoms with Gasteiger partial charge in [-0.3, -0.25) is 0 Å². The molecular weight excluding hydrogens is 845 g/mol. The quantitative estimate of drug-likeness (QED) is 0.140. The Hall–Kier alpha value is -9.24. The van der Waals surface area contributed by atoms with Crippen LogP contribution in [0.25, 0.3) is 105 Å². The van der Waals surface area contributed by atoms with E-state index in [9.17, 15) is 0 Å². The first-order valence-corrected chi connectivity index (χ1v) is 24.1. The SMILES string of the molecule is c1ccc(-c2cccc(-c3cc(N(c4ccc(-c5cccc6ccccc56)cc4)c4ccc(-c5cccc6ccccc56)cc4)ccc3-c3ccccc3-n3c4ccccc4c4ccccc43)c2)cc1. The predicted octanol–water partition coefficient (Wildman–Crippen LogP) is 18.9. The molecule has 0 bridgehead atoms. The molecule has 0 saturated heterocycles. The Kier molecular flexibility index (Phi) is 10.2. The van der Waals surface area contributed by atoms with E-state index in [1.165, 1.54) is 76.7 Å². The third-order valence-corrected chi connectivity index (χ3v) is 14.0. The molecule has 0 fully saturated rings. The van der Waals surface area contributed by atoms with Crippen molar-refractivity contribution in [1.29, 1.82) is 0 Å². The second kappa shape index (κ2) is 17.4. The Morgan fingerprint density at radius 1 is 0.229 bits per heavy atom. The lowest BCUT2D eigenvalue weighted by Gasteiger charge is -2.27. The van der Waals surface area contributed by atoms with Gasteiger partial charge in [-0.2, -0.15) is 0 Å². The van der Waals surface area contributed by atoms with E-state index in [4.69, 9.17) is 0 Å². The number of aromatic nitrogens is 1. The van der Waals surface area contributed by atoms with Gasteiger partial charge in [0.05, 0.1) is 16.7 Å². The molecule has 0 N–H and O–H groups in total. The van der Waals surface area contributed by atoms with Gasteiger partial charge in [0.15, 0.2) is 0 Å². The lowest BCUT2D eigenvalue weighted by Crippen LogP contribution is -2.10. The Labute approximate surface area is 408 Å². The van der Waals surface area contributed by atoms with Gasteiger partial charge in [-0.1, -0.05) is 218 Å². The molecule has 0 saturated carbocycles. The van der Waals surface area contributed by atoms with E-state index in [1.54, 1.807) is 0 Å². The molecule has 0 amide bonds. The van der Waals surface area contributed by atoms with E-state index >= 15 is 0 Å². The number of hydrogen-bond donors (Lipinski definition) is 0. The third-order valence-electron chi connectivity index (χ3n) is 14.0. The number of benzene rings is 12. The molecule has 0 aliphatic heterocycles. The molecule has 13 aromatic rings. The highest BCUT2D eigenvalue weighted by molar-refractivity contribution is 6.10. The Balaban J connectivity index is 1.01. The highest BCUT2D eigenvalue weighted by Crippen LogP contribution is 2.45. The van der Waals surface area contributed by atoms with Crippen LogP contribution in [0.5, 0.6) is 0 Å². The average Bonchev–Trinajstić information content (AvgIpc) is 3.78. The molecule has 13 rings (SSSR count). The van der Waals surface area contributed by atoms with Crippen LogP contribution in [0.4, 0.5) is 17.1 Å². The van der Waals surface area contributed by atoms with Crippen molar-refractivity contribution in [3.8, 4) is 61.3 Å². The Bertz CT molecular complexity index is 3860. The van der Waals surface area contributed by atoms with Gasteiger partial charge in [-0.05, 0) is 132 Å². The smallest absolute Gasteiger partial charge is 0.0541 e. The normalized spacial score (nSPS) is 11.4. The maximum absolute atomic E-state index is 2.44. The molecule has 0 unspecified atom stereocenters. The van der Waals surface area contributed by atoms with E-state index in [-0.39, 0.29) is 0 Å². The second-order valence-electron chi connectivity index (χ2n) is 18.0. The fourth-order valence-corrected chi connectivity index (χ4v) is 10.7. The zero-order valence-electron chi connectivity index (χ0n) is 38.5. The molecule has 12 aromatic carbocycles. The minimum atomic E-state index is 1.06. The molecule has 1 heterocycles. The second-order valence-corrected chi connectivity index (χ2v) is 18.0. The first kappa shape index (κ1) is 41.0. The van der Waals surface area contributed by atoms with Crippen molar-refractivity contribution in [3.05, 3.63) is 279 Å². The van der Waals surface area contributed by atoms with E-state index in [0.29, 0.717) is 0 Å². The molecule has 2 heteroatoms. The number of hydrogen-bond acceptors (Lipinski definition) is 1. The number of para-hydroxylation sites is 3. The minimum Gasteiger partial charge on any atom is -0.310 e. The Morgan fingerprint density at radius 2 is 0.671 bits per heavy atom. The highest BCUT2D eigenvalue weighted by atomic mass is 15.1. The van der Waals surface area contributed by atoms with Gasteiger partial charge >= 0.3 is 0 Å². The van der Waals surface area contributed by atoms with E-state index < -0.39 is 0 Å². The molecule has 1 aromatic heterocycles. The van der Waals surface area contributed by atoms with Crippen molar-refractivity contribution < 1.29 is 0 Å². The van der Waals surface area contributed by atoms with Crippen molar-refractivity contribution in [2.45, 2.75) is 0 Å². The van der Waals surface area contributed by atoms with Gasteiger partial charge in [-0.15, -0.1) is 0 Å². The van der Waals surface area contributed by atoms with Crippen LogP contribution in [0.3, 0.4) is 0 Å². The molecule has 70 heavy (non-hydrogen) atoms. The zero-order valence-corrected chi connectivity index (χ0v) is 38.5. The number of anilines is 3. The summed E-state index contributed by atoms with van der Waals surface area (Å²) in [6.07, 6.45) is 0. The summed E-state index contributed by atoms with van der Waals surface area (Å²) < 4.78 is 2.44. The van der Waals surface area contributed by atoms with Crippen LogP contribution in [0.2, 0.25) is 0 Å². The zero-order chi connectivity index (χ0) is 46.4. The lowest BCUT2D eigenvalue weighted by molar-refractivity contribution is 1.18. The van der Waals surface area contributed by atoms with Gasteiger partial charge in [-0.25, -0.2) is 0 Å². The van der Waals surface area contributed by atoms with Gasteiger partial charge < -0.3 is 9.47 Å². The summed E-state index contributed by atoms with van der Waals surface area (Å²) >= 11 is 0.